The van der Waals surface area contributed by atoms with Gasteiger partial charge in [-0.15, -0.1) is 0 Å². The minimum absolute atomic E-state index is 0.644. The molecule has 0 radical (unpaired) electrons. The smallest absolute Gasteiger partial charge is 0.0424 e. The first-order chi connectivity index (χ1) is 8.13. The minimum Gasteiger partial charge on any atom is -0.381 e. The van der Waals surface area contributed by atoms with Crippen LogP contribution >= 0.6 is 34.8 Å². The van der Waals surface area contributed by atoms with E-state index in [9.17, 15) is 0 Å². The molecule has 0 spiro atoms. The first-order valence-electron chi connectivity index (χ1n) is 5.08. The van der Waals surface area contributed by atoms with Gasteiger partial charge in [0.1, 0.15) is 0 Å². The second-order valence-electron chi connectivity index (χ2n) is 3.64. The molecular formula is C13H10Cl3N. The highest BCUT2D eigenvalue weighted by Crippen LogP contribution is 2.20. The van der Waals surface area contributed by atoms with E-state index in [4.69, 9.17) is 34.8 Å². The average molecular weight is 287 g/mol. The Morgan fingerprint density at radius 2 is 1.35 bits per heavy atom. The van der Waals surface area contributed by atoms with Crippen LogP contribution in [-0.2, 0) is 6.54 Å². The summed E-state index contributed by atoms with van der Waals surface area (Å²) >= 11 is 17.7. The largest absolute Gasteiger partial charge is 0.381 e. The molecule has 2 aromatic rings. The van der Waals surface area contributed by atoms with Crippen molar-refractivity contribution in [3.05, 3.63) is 63.1 Å². The summed E-state index contributed by atoms with van der Waals surface area (Å²) in [6.07, 6.45) is 0. The van der Waals surface area contributed by atoms with Crippen molar-refractivity contribution in [2.45, 2.75) is 6.54 Å². The van der Waals surface area contributed by atoms with Crippen LogP contribution in [0.5, 0.6) is 0 Å². The molecule has 0 aliphatic rings. The van der Waals surface area contributed by atoms with Crippen LogP contribution in [0, 0.1) is 0 Å². The lowest BCUT2D eigenvalue weighted by Gasteiger charge is -2.07. The van der Waals surface area contributed by atoms with Gasteiger partial charge in [0, 0.05) is 27.3 Å². The van der Waals surface area contributed by atoms with Gasteiger partial charge in [0.15, 0.2) is 0 Å². The van der Waals surface area contributed by atoms with Crippen molar-refractivity contribution < 1.29 is 0 Å². The number of rotatable bonds is 3. The van der Waals surface area contributed by atoms with Gasteiger partial charge in [-0.05, 0) is 48.0 Å². The zero-order chi connectivity index (χ0) is 12.3. The molecule has 0 aliphatic carbocycles. The summed E-state index contributed by atoms with van der Waals surface area (Å²) in [6.45, 7) is 0.669. The van der Waals surface area contributed by atoms with Crippen molar-refractivity contribution in [2.24, 2.45) is 0 Å². The van der Waals surface area contributed by atoms with Crippen molar-refractivity contribution in [1.29, 1.82) is 0 Å². The van der Waals surface area contributed by atoms with Crippen LogP contribution in [0.1, 0.15) is 5.56 Å². The van der Waals surface area contributed by atoms with Crippen LogP contribution in [0.4, 0.5) is 5.69 Å². The van der Waals surface area contributed by atoms with E-state index in [1.165, 1.54) is 0 Å². The van der Waals surface area contributed by atoms with Gasteiger partial charge in [0.2, 0.25) is 0 Å². The number of halogens is 3. The number of anilines is 1. The van der Waals surface area contributed by atoms with E-state index in [2.05, 4.69) is 5.32 Å². The van der Waals surface area contributed by atoms with E-state index >= 15 is 0 Å². The van der Waals surface area contributed by atoms with Crippen LogP contribution < -0.4 is 5.32 Å². The summed E-state index contributed by atoms with van der Waals surface area (Å²) in [5.74, 6) is 0. The maximum Gasteiger partial charge on any atom is 0.0424 e. The van der Waals surface area contributed by atoms with E-state index in [0.717, 1.165) is 16.3 Å². The number of hydrogen-bond acceptors (Lipinski definition) is 1. The van der Waals surface area contributed by atoms with Crippen LogP contribution in [0.15, 0.2) is 42.5 Å². The fraction of sp³-hybridized carbons (Fsp3) is 0.0769. The topological polar surface area (TPSA) is 12.0 Å². The van der Waals surface area contributed by atoms with Crippen LogP contribution in [0.3, 0.4) is 0 Å². The fourth-order valence-electron chi connectivity index (χ4n) is 1.48. The van der Waals surface area contributed by atoms with Gasteiger partial charge in [-0.2, -0.15) is 0 Å². The van der Waals surface area contributed by atoms with Crippen molar-refractivity contribution in [3.8, 4) is 0 Å². The zero-order valence-corrected chi connectivity index (χ0v) is 11.2. The minimum atomic E-state index is 0.644. The van der Waals surface area contributed by atoms with Crippen molar-refractivity contribution in [2.75, 3.05) is 5.32 Å². The standard InChI is InChI=1S/C13H10Cl3N/c14-10-1-3-13(4-2-10)17-8-9-5-11(15)7-12(16)6-9/h1-7,17H,8H2. The van der Waals surface area contributed by atoms with Crippen LogP contribution in [-0.4, -0.2) is 0 Å². The molecule has 0 saturated heterocycles. The third-order valence-corrected chi connectivity index (χ3v) is 2.95. The molecule has 0 saturated carbocycles. The highest BCUT2D eigenvalue weighted by molar-refractivity contribution is 6.34. The maximum absolute atomic E-state index is 5.92. The number of benzene rings is 2. The maximum atomic E-state index is 5.92. The normalized spacial score (nSPS) is 10.3. The van der Waals surface area contributed by atoms with Gasteiger partial charge in [0.25, 0.3) is 0 Å². The van der Waals surface area contributed by atoms with Gasteiger partial charge in [0.05, 0.1) is 0 Å². The molecule has 2 rings (SSSR count). The third kappa shape index (κ3) is 3.81. The van der Waals surface area contributed by atoms with Gasteiger partial charge in [-0.3, -0.25) is 0 Å². The predicted octanol–water partition coefficient (Wildman–Crippen LogP) is 5.26. The molecular weight excluding hydrogens is 277 g/mol. The molecule has 1 N–H and O–H groups in total. The van der Waals surface area contributed by atoms with Gasteiger partial charge < -0.3 is 5.32 Å². The van der Waals surface area contributed by atoms with Crippen LogP contribution in [0.2, 0.25) is 15.1 Å². The number of nitrogens with one attached hydrogen (secondary N) is 1. The van der Waals surface area contributed by atoms with Crippen LogP contribution in [0.25, 0.3) is 0 Å². The molecule has 17 heavy (non-hydrogen) atoms. The zero-order valence-electron chi connectivity index (χ0n) is 8.88. The highest BCUT2D eigenvalue weighted by Gasteiger charge is 1.98. The van der Waals surface area contributed by atoms with E-state index in [1.54, 1.807) is 6.07 Å². The molecule has 0 unspecified atom stereocenters. The highest BCUT2D eigenvalue weighted by atomic mass is 35.5. The van der Waals surface area contributed by atoms with Crippen molar-refractivity contribution >= 4 is 40.5 Å². The predicted molar refractivity (Wildman–Crippen MR) is 75.2 cm³/mol. The Kier molecular flexibility index (Phi) is 4.16. The summed E-state index contributed by atoms with van der Waals surface area (Å²) in [4.78, 5) is 0. The third-order valence-electron chi connectivity index (χ3n) is 2.26. The van der Waals surface area contributed by atoms with E-state index in [1.807, 2.05) is 36.4 Å². The summed E-state index contributed by atoms with van der Waals surface area (Å²) in [5, 5.41) is 5.28. The van der Waals surface area contributed by atoms with Gasteiger partial charge in [-0.25, -0.2) is 0 Å². The fourth-order valence-corrected chi connectivity index (χ4v) is 2.18. The summed E-state index contributed by atoms with van der Waals surface area (Å²) in [7, 11) is 0. The summed E-state index contributed by atoms with van der Waals surface area (Å²) in [5.41, 5.74) is 2.04. The molecule has 0 aromatic heterocycles. The lowest BCUT2D eigenvalue weighted by atomic mass is 10.2. The molecule has 4 heteroatoms. The molecule has 0 heterocycles. The molecule has 1 nitrogen and oxygen atoms in total. The van der Waals surface area contributed by atoms with Crippen molar-refractivity contribution in [1.82, 2.24) is 0 Å². The molecule has 88 valence electrons. The number of hydrogen-bond donors (Lipinski definition) is 1. The Labute approximate surface area is 115 Å². The van der Waals surface area contributed by atoms with E-state index in [0.29, 0.717) is 16.6 Å². The SMILES string of the molecule is Clc1ccc(NCc2cc(Cl)cc(Cl)c2)cc1. The Bertz CT molecular complexity index is 488. The Balaban J connectivity index is 2.04. The summed E-state index contributed by atoms with van der Waals surface area (Å²) in [6, 6.07) is 13.0. The first-order valence-corrected chi connectivity index (χ1v) is 6.21. The van der Waals surface area contributed by atoms with Gasteiger partial charge in [-0.1, -0.05) is 34.8 Å². The molecule has 0 aliphatic heterocycles. The van der Waals surface area contributed by atoms with E-state index < -0.39 is 0 Å². The second-order valence-corrected chi connectivity index (χ2v) is 4.95. The second kappa shape index (κ2) is 5.63. The summed E-state index contributed by atoms with van der Waals surface area (Å²) < 4.78 is 0. The Morgan fingerprint density at radius 1 is 0.765 bits per heavy atom. The quantitative estimate of drug-likeness (QED) is 0.811. The lowest BCUT2D eigenvalue weighted by molar-refractivity contribution is 1.15. The molecule has 0 atom stereocenters. The lowest BCUT2D eigenvalue weighted by Crippen LogP contribution is -1.98. The van der Waals surface area contributed by atoms with E-state index in [-0.39, 0.29) is 0 Å². The molecule has 0 fully saturated rings. The molecule has 0 bridgehead atoms. The van der Waals surface area contributed by atoms with Gasteiger partial charge >= 0.3 is 0 Å². The average Bonchev–Trinajstić information content (AvgIpc) is 2.27. The van der Waals surface area contributed by atoms with Crippen molar-refractivity contribution in [3.63, 3.8) is 0 Å². The Morgan fingerprint density at radius 3 is 1.94 bits per heavy atom. The monoisotopic (exact) mass is 285 g/mol. The Hall–Kier alpha value is -0.890. The molecule has 2 aromatic carbocycles. The first kappa shape index (κ1) is 12.6. The molecule has 0 amide bonds.